The summed E-state index contributed by atoms with van der Waals surface area (Å²) in [5.74, 6) is -0.903. The summed E-state index contributed by atoms with van der Waals surface area (Å²) in [6.45, 7) is 0.603. The average Bonchev–Trinajstić information content (AvgIpc) is 1.66. The molecule has 0 aromatic rings. The van der Waals surface area contributed by atoms with Gasteiger partial charge in [0.25, 0.3) is 0 Å². The molecule has 3 heteroatoms. The summed E-state index contributed by atoms with van der Waals surface area (Å²) < 4.78 is 0. The number of carboxylic acids is 1. The van der Waals surface area contributed by atoms with Crippen molar-refractivity contribution < 1.29 is 9.90 Å². The van der Waals surface area contributed by atoms with Crippen molar-refractivity contribution in [3.63, 3.8) is 0 Å². The number of carboxylic acid groups (broad SMARTS) is 1. The van der Waals surface area contributed by atoms with Gasteiger partial charge in [-0.15, -0.1) is 0 Å². The largest absolute Gasteiger partial charge is 0.478 e. The zero-order valence-electron chi connectivity index (χ0n) is 4.72. The van der Waals surface area contributed by atoms with E-state index >= 15 is 0 Å². The highest BCUT2D eigenvalue weighted by Gasteiger charge is 1.80. The zero-order valence-corrected chi connectivity index (χ0v) is 4.72. The molecule has 0 rings (SSSR count). The van der Waals surface area contributed by atoms with Crippen LogP contribution >= 0.6 is 0 Å². The second-order valence-electron chi connectivity index (χ2n) is 1.30. The molecule has 0 radical (unpaired) electrons. The highest BCUT2D eigenvalue weighted by atomic mass is 16.4. The second-order valence-corrected chi connectivity index (χ2v) is 1.30. The molecule has 0 heterocycles. The van der Waals surface area contributed by atoms with Crippen molar-refractivity contribution in [1.82, 2.24) is 5.32 Å². The summed E-state index contributed by atoms with van der Waals surface area (Å²) in [6.07, 6.45) is 2.65. The summed E-state index contributed by atoms with van der Waals surface area (Å²) in [5, 5.41) is 10.8. The Kier molecular flexibility index (Phi) is 3.88. The lowest BCUT2D eigenvalue weighted by Crippen LogP contribution is -2.04. The van der Waals surface area contributed by atoms with Gasteiger partial charge in [0.1, 0.15) is 0 Å². The molecule has 0 spiro atoms. The third kappa shape index (κ3) is 5.17. The molecular formula is C5H9NO2. The molecule has 0 bridgehead atoms. The molecular weight excluding hydrogens is 106 g/mol. The molecule has 0 unspecified atom stereocenters. The SMILES string of the molecule is CNC/C=C\C(=O)O. The van der Waals surface area contributed by atoms with Gasteiger partial charge in [0.05, 0.1) is 0 Å². The van der Waals surface area contributed by atoms with Gasteiger partial charge in [-0.25, -0.2) is 4.79 Å². The summed E-state index contributed by atoms with van der Waals surface area (Å²) in [7, 11) is 1.76. The predicted octanol–water partition coefficient (Wildman–Crippen LogP) is -0.153. The van der Waals surface area contributed by atoms with Crippen molar-refractivity contribution in [2.24, 2.45) is 0 Å². The lowest BCUT2D eigenvalue weighted by atomic mass is 10.5. The Balaban J connectivity index is 3.20. The molecule has 0 saturated carbocycles. The van der Waals surface area contributed by atoms with Crippen LogP contribution in [0.5, 0.6) is 0 Å². The van der Waals surface area contributed by atoms with E-state index in [2.05, 4.69) is 5.32 Å². The van der Waals surface area contributed by atoms with Crippen molar-refractivity contribution in [2.45, 2.75) is 0 Å². The zero-order chi connectivity index (χ0) is 6.41. The predicted molar refractivity (Wildman–Crippen MR) is 30.7 cm³/mol. The Morgan fingerprint density at radius 2 is 2.50 bits per heavy atom. The normalized spacial score (nSPS) is 10.1. The first-order valence-corrected chi connectivity index (χ1v) is 2.31. The molecule has 0 aromatic heterocycles. The third-order valence-electron chi connectivity index (χ3n) is 0.582. The van der Waals surface area contributed by atoms with Crippen LogP contribution in [0.25, 0.3) is 0 Å². The van der Waals surface area contributed by atoms with E-state index in [0.29, 0.717) is 6.54 Å². The minimum Gasteiger partial charge on any atom is -0.478 e. The average molecular weight is 115 g/mol. The minimum absolute atomic E-state index is 0.603. The molecule has 0 aliphatic rings. The maximum absolute atomic E-state index is 9.76. The Labute approximate surface area is 48.0 Å². The quantitative estimate of drug-likeness (QED) is 0.503. The molecule has 0 atom stereocenters. The molecule has 2 N–H and O–H groups in total. The van der Waals surface area contributed by atoms with E-state index in [1.807, 2.05) is 0 Å². The number of hydrogen-bond acceptors (Lipinski definition) is 2. The van der Waals surface area contributed by atoms with E-state index in [0.717, 1.165) is 6.08 Å². The highest BCUT2D eigenvalue weighted by Crippen LogP contribution is 1.67. The summed E-state index contributed by atoms with van der Waals surface area (Å²) in [5.41, 5.74) is 0. The monoisotopic (exact) mass is 115 g/mol. The number of aliphatic carboxylic acids is 1. The van der Waals surface area contributed by atoms with Gasteiger partial charge in [-0.2, -0.15) is 0 Å². The number of carbonyl (C=O) groups is 1. The smallest absolute Gasteiger partial charge is 0.328 e. The lowest BCUT2D eigenvalue weighted by molar-refractivity contribution is -0.131. The second kappa shape index (κ2) is 4.33. The topological polar surface area (TPSA) is 49.3 Å². The Hall–Kier alpha value is -0.830. The van der Waals surface area contributed by atoms with Crippen molar-refractivity contribution >= 4 is 5.97 Å². The molecule has 0 saturated heterocycles. The van der Waals surface area contributed by atoms with Gasteiger partial charge >= 0.3 is 5.97 Å². The van der Waals surface area contributed by atoms with Crippen molar-refractivity contribution in [3.05, 3.63) is 12.2 Å². The van der Waals surface area contributed by atoms with E-state index < -0.39 is 5.97 Å². The number of hydrogen-bond donors (Lipinski definition) is 2. The fourth-order valence-corrected chi connectivity index (χ4v) is 0.278. The van der Waals surface area contributed by atoms with Crippen LogP contribution in [0.1, 0.15) is 0 Å². The first kappa shape index (κ1) is 7.17. The standard InChI is InChI=1S/C5H9NO2/c1-6-4-2-3-5(7)8/h2-3,6H,4H2,1H3,(H,7,8)/b3-2-. The number of likely N-dealkylation sites (N-methyl/N-ethyl adjacent to an activating group) is 1. The van der Waals surface area contributed by atoms with Gasteiger partial charge in [-0.3, -0.25) is 0 Å². The van der Waals surface area contributed by atoms with Crippen LogP contribution in [-0.2, 0) is 4.79 Å². The molecule has 0 aromatic carbocycles. The van der Waals surface area contributed by atoms with Gasteiger partial charge in [0, 0.05) is 12.6 Å². The van der Waals surface area contributed by atoms with Crippen LogP contribution in [0.4, 0.5) is 0 Å². The van der Waals surface area contributed by atoms with E-state index in [4.69, 9.17) is 5.11 Å². The minimum atomic E-state index is -0.903. The number of rotatable bonds is 3. The Morgan fingerprint density at radius 3 is 2.88 bits per heavy atom. The molecule has 0 amide bonds. The Morgan fingerprint density at radius 1 is 1.88 bits per heavy atom. The molecule has 8 heavy (non-hydrogen) atoms. The maximum atomic E-state index is 9.76. The molecule has 0 aliphatic carbocycles. The van der Waals surface area contributed by atoms with Gasteiger partial charge in [0.15, 0.2) is 0 Å². The summed E-state index contributed by atoms with van der Waals surface area (Å²) in [4.78, 5) is 9.76. The van der Waals surface area contributed by atoms with E-state index in [-0.39, 0.29) is 0 Å². The molecule has 46 valence electrons. The lowest BCUT2D eigenvalue weighted by Gasteiger charge is -1.83. The van der Waals surface area contributed by atoms with Gasteiger partial charge in [-0.1, -0.05) is 6.08 Å². The van der Waals surface area contributed by atoms with Gasteiger partial charge < -0.3 is 10.4 Å². The maximum Gasteiger partial charge on any atom is 0.328 e. The van der Waals surface area contributed by atoms with Crippen LogP contribution < -0.4 is 5.32 Å². The van der Waals surface area contributed by atoms with Crippen molar-refractivity contribution in [2.75, 3.05) is 13.6 Å². The first-order chi connectivity index (χ1) is 3.77. The molecule has 3 nitrogen and oxygen atoms in total. The first-order valence-electron chi connectivity index (χ1n) is 2.31. The molecule has 0 fully saturated rings. The Bertz CT molecular complexity index is 98.6. The molecule has 0 aliphatic heterocycles. The van der Waals surface area contributed by atoms with E-state index in [1.54, 1.807) is 13.1 Å². The van der Waals surface area contributed by atoms with Gasteiger partial charge in [0.2, 0.25) is 0 Å². The number of nitrogens with one attached hydrogen (secondary N) is 1. The van der Waals surface area contributed by atoms with E-state index in [9.17, 15) is 4.79 Å². The summed E-state index contributed by atoms with van der Waals surface area (Å²) in [6, 6.07) is 0. The summed E-state index contributed by atoms with van der Waals surface area (Å²) >= 11 is 0. The highest BCUT2D eigenvalue weighted by molar-refractivity contribution is 5.79. The van der Waals surface area contributed by atoms with Crippen LogP contribution in [0.2, 0.25) is 0 Å². The van der Waals surface area contributed by atoms with E-state index in [1.165, 1.54) is 0 Å². The third-order valence-corrected chi connectivity index (χ3v) is 0.582. The fraction of sp³-hybridized carbons (Fsp3) is 0.400. The van der Waals surface area contributed by atoms with Crippen LogP contribution in [0.15, 0.2) is 12.2 Å². The van der Waals surface area contributed by atoms with Crippen LogP contribution in [-0.4, -0.2) is 24.7 Å². The van der Waals surface area contributed by atoms with Gasteiger partial charge in [-0.05, 0) is 7.05 Å². The van der Waals surface area contributed by atoms with Crippen molar-refractivity contribution in [3.8, 4) is 0 Å². The van der Waals surface area contributed by atoms with Crippen molar-refractivity contribution in [1.29, 1.82) is 0 Å². The fourth-order valence-electron chi connectivity index (χ4n) is 0.278. The van der Waals surface area contributed by atoms with Crippen LogP contribution in [0, 0.1) is 0 Å². The van der Waals surface area contributed by atoms with Crippen LogP contribution in [0.3, 0.4) is 0 Å².